The standard InChI is InChI=1S/C24H29N3O2/c1-16(2)20-12-11-17(3)15-21(20)29-18(4)24(28)26-22(19-9-7-6-8-10-19)23-25-13-14-27(23)5/h6-16,18,22H,1-5H3,(H,26,28). The molecule has 2 aromatic carbocycles. The van der Waals surface area contributed by atoms with E-state index in [4.69, 9.17) is 4.74 Å². The summed E-state index contributed by atoms with van der Waals surface area (Å²) in [6.07, 6.45) is 2.97. The van der Waals surface area contributed by atoms with Gasteiger partial charge in [-0.15, -0.1) is 0 Å². The normalized spacial score (nSPS) is 13.2. The van der Waals surface area contributed by atoms with Crippen LogP contribution in [0.15, 0.2) is 60.9 Å². The van der Waals surface area contributed by atoms with Gasteiger partial charge in [-0.25, -0.2) is 4.98 Å². The van der Waals surface area contributed by atoms with Crippen molar-refractivity contribution < 1.29 is 9.53 Å². The van der Waals surface area contributed by atoms with Gasteiger partial charge in [-0.05, 0) is 42.5 Å². The monoisotopic (exact) mass is 391 g/mol. The number of imidazole rings is 1. The first-order chi connectivity index (χ1) is 13.9. The molecule has 0 aliphatic rings. The van der Waals surface area contributed by atoms with Crippen LogP contribution in [0.2, 0.25) is 0 Å². The summed E-state index contributed by atoms with van der Waals surface area (Å²) in [5.41, 5.74) is 3.17. The summed E-state index contributed by atoms with van der Waals surface area (Å²) >= 11 is 0. The highest BCUT2D eigenvalue weighted by Gasteiger charge is 2.25. The summed E-state index contributed by atoms with van der Waals surface area (Å²) in [5, 5.41) is 3.11. The van der Waals surface area contributed by atoms with Crippen LogP contribution >= 0.6 is 0 Å². The Morgan fingerprint density at radius 3 is 2.45 bits per heavy atom. The highest BCUT2D eigenvalue weighted by atomic mass is 16.5. The van der Waals surface area contributed by atoms with E-state index in [1.54, 1.807) is 13.1 Å². The van der Waals surface area contributed by atoms with E-state index in [9.17, 15) is 4.79 Å². The molecule has 5 nitrogen and oxygen atoms in total. The van der Waals surface area contributed by atoms with Crippen molar-refractivity contribution in [3.63, 3.8) is 0 Å². The highest BCUT2D eigenvalue weighted by Crippen LogP contribution is 2.28. The van der Waals surface area contributed by atoms with Crippen molar-refractivity contribution in [3.05, 3.63) is 83.4 Å². The zero-order valence-electron chi connectivity index (χ0n) is 17.7. The average molecular weight is 392 g/mol. The minimum Gasteiger partial charge on any atom is -0.481 e. The van der Waals surface area contributed by atoms with Crippen molar-refractivity contribution in [2.45, 2.75) is 45.8 Å². The first-order valence-electron chi connectivity index (χ1n) is 9.96. The second-order valence-corrected chi connectivity index (χ2v) is 7.70. The molecule has 152 valence electrons. The fourth-order valence-corrected chi connectivity index (χ4v) is 3.32. The number of nitrogens with one attached hydrogen (secondary N) is 1. The van der Waals surface area contributed by atoms with Gasteiger partial charge in [-0.2, -0.15) is 0 Å². The van der Waals surface area contributed by atoms with Crippen molar-refractivity contribution in [2.24, 2.45) is 7.05 Å². The summed E-state index contributed by atoms with van der Waals surface area (Å²) in [7, 11) is 1.92. The number of amides is 1. The topological polar surface area (TPSA) is 56.1 Å². The number of nitrogens with zero attached hydrogens (tertiary/aromatic N) is 2. The molecule has 5 heteroatoms. The highest BCUT2D eigenvalue weighted by molar-refractivity contribution is 5.81. The molecule has 0 radical (unpaired) electrons. The van der Waals surface area contributed by atoms with Gasteiger partial charge in [-0.1, -0.05) is 56.3 Å². The molecule has 0 bridgehead atoms. The van der Waals surface area contributed by atoms with E-state index in [1.165, 1.54) is 0 Å². The Morgan fingerprint density at radius 1 is 1.10 bits per heavy atom. The minimum atomic E-state index is -0.638. The molecule has 0 spiro atoms. The van der Waals surface area contributed by atoms with Crippen molar-refractivity contribution >= 4 is 5.91 Å². The first-order valence-corrected chi connectivity index (χ1v) is 9.96. The van der Waals surface area contributed by atoms with Gasteiger partial charge in [0.25, 0.3) is 5.91 Å². The second kappa shape index (κ2) is 8.95. The van der Waals surface area contributed by atoms with Gasteiger partial charge in [0.2, 0.25) is 0 Å². The van der Waals surface area contributed by atoms with E-state index in [-0.39, 0.29) is 11.9 Å². The molecular formula is C24H29N3O2. The van der Waals surface area contributed by atoms with Gasteiger partial charge >= 0.3 is 0 Å². The number of hydrogen-bond acceptors (Lipinski definition) is 3. The molecule has 1 aromatic heterocycles. The zero-order valence-corrected chi connectivity index (χ0v) is 17.7. The van der Waals surface area contributed by atoms with Crippen LogP contribution in [-0.4, -0.2) is 21.6 Å². The molecule has 0 fully saturated rings. The van der Waals surface area contributed by atoms with Crippen LogP contribution in [0, 0.1) is 6.92 Å². The van der Waals surface area contributed by atoms with Crippen LogP contribution in [0.25, 0.3) is 0 Å². The van der Waals surface area contributed by atoms with Crippen LogP contribution in [0.4, 0.5) is 0 Å². The van der Waals surface area contributed by atoms with Crippen molar-refractivity contribution in [2.75, 3.05) is 0 Å². The molecule has 0 aliphatic carbocycles. The Balaban J connectivity index is 1.82. The maximum Gasteiger partial charge on any atom is 0.261 e. The lowest BCUT2D eigenvalue weighted by molar-refractivity contribution is -0.127. The van der Waals surface area contributed by atoms with Gasteiger partial charge in [0.15, 0.2) is 6.10 Å². The molecule has 1 N–H and O–H groups in total. The fraction of sp³-hybridized carbons (Fsp3) is 0.333. The molecule has 1 heterocycles. The number of aromatic nitrogens is 2. The number of carbonyl (C=O) groups is 1. The predicted octanol–water partition coefficient (Wildman–Crippen LogP) is 4.53. The number of aryl methyl sites for hydroxylation is 2. The Labute approximate surface area is 172 Å². The number of benzene rings is 2. The zero-order chi connectivity index (χ0) is 21.0. The van der Waals surface area contributed by atoms with Crippen LogP contribution in [0.3, 0.4) is 0 Å². The third-order valence-corrected chi connectivity index (χ3v) is 5.00. The molecule has 29 heavy (non-hydrogen) atoms. The third-order valence-electron chi connectivity index (χ3n) is 5.00. The Kier molecular flexibility index (Phi) is 6.37. The number of ether oxygens (including phenoxy) is 1. The third kappa shape index (κ3) is 4.86. The molecule has 1 amide bonds. The number of carbonyl (C=O) groups excluding carboxylic acids is 1. The van der Waals surface area contributed by atoms with Crippen molar-refractivity contribution in [1.82, 2.24) is 14.9 Å². The molecular weight excluding hydrogens is 362 g/mol. The van der Waals surface area contributed by atoms with E-state index >= 15 is 0 Å². The Bertz CT molecular complexity index is 963. The summed E-state index contributed by atoms with van der Waals surface area (Å²) < 4.78 is 8.01. The SMILES string of the molecule is Cc1ccc(C(C)C)c(OC(C)C(=O)NC(c2ccccc2)c2nccn2C)c1. The maximum atomic E-state index is 13.0. The lowest BCUT2D eigenvalue weighted by Gasteiger charge is -2.23. The summed E-state index contributed by atoms with van der Waals surface area (Å²) in [6.45, 7) is 8.04. The average Bonchev–Trinajstić information content (AvgIpc) is 3.12. The van der Waals surface area contributed by atoms with Crippen molar-refractivity contribution in [1.29, 1.82) is 0 Å². The van der Waals surface area contributed by atoms with E-state index in [1.807, 2.05) is 61.1 Å². The molecule has 3 rings (SSSR count). The first kappa shape index (κ1) is 20.6. The minimum absolute atomic E-state index is 0.182. The molecule has 0 saturated heterocycles. The van der Waals surface area contributed by atoms with Gasteiger partial charge < -0.3 is 14.6 Å². The number of rotatable bonds is 7. The van der Waals surface area contributed by atoms with Crippen LogP contribution in [0.5, 0.6) is 5.75 Å². The van der Waals surface area contributed by atoms with Gasteiger partial charge in [0.05, 0.1) is 0 Å². The lowest BCUT2D eigenvalue weighted by Crippen LogP contribution is -2.40. The molecule has 2 atom stereocenters. The maximum absolute atomic E-state index is 13.0. The smallest absolute Gasteiger partial charge is 0.261 e. The predicted molar refractivity (Wildman–Crippen MR) is 115 cm³/mol. The summed E-state index contributed by atoms with van der Waals surface area (Å²) in [6, 6.07) is 15.6. The largest absolute Gasteiger partial charge is 0.481 e. The second-order valence-electron chi connectivity index (χ2n) is 7.70. The van der Waals surface area contributed by atoms with E-state index in [0.29, 0.717) is 5.92 Å². The van der Waals surface area contributed by atoms with Gasteiger partial charge in [0, 0.05) is 19.4 Å². The molecule has 0 saturated carbocycles. The van der Waals surface area contributed by atoms with E-state index in [2.05, 4.69) is 36.3 Å². The van der Waals surface area contributed by atoms with Crippen LogP contribution in [0.1, 0.15) is 55.2 Å². The fourth-order valence-electron chi connectivity index (χ4n) is 3.32. The summed E-state index contributed by atoms with van der Waals surface area (Å²) in [4.78, 5) is 17.5. The lowest BCUT2D eigenvalue weighted by atomic mass is 10.0. The molecule has 3 aromatic rings. The number of hydrogen-bond donors (Lipinski definition) is 1. The van der Waals surface area contributed by atoms with E-state index in [0.717, 1.165) is 28.3 Å². The van der Waals surface area contributed by atoms with Crippen LogP contribution in [-0.2, 0) is 11.8 Å². The van der Waals surface area contributed by atoms with E-state index < -0.39 is 6.10 Å². The molecule has 0 aliphatic heterocycles. The summed E-state index contributed by atoms with van der Waals surface area (Å²) in [5.74, 6) is 1.66. The quantitative estimate of drug-likeness (QED) is 0.644. The molecule has 2 unspecified atom stereocenters. The van der Waals surface area contributed by atoms with Gasteiger partial charge in [0.1, 0.15) is 17.6 Å². The Morgan fingerprint density at radius 2 is 1.83 bits per heavy atom. The van der Waals surface area contributed by atoms with Gasteiger partial charge in [-0.3, -0.25) is 4.79 Å². The van der Waals surface area contributed by atoms with Crippen molar-refractivity contribution in [3.8, 4) is 5.75 Å². The Hall–Kier alpha value is -3.08. The van der Waals surface area contributed by atoms with Crippen LogP contribution < -0.4 is 10.1 Å².